The minimum atomic E-state index is -0.260. The van der Waals surface area contributed by atoms with E-state index in [4.69, 9.17) is 9.26 Å². The van der Waals surface area contributed by atoms with E-state index in [1.165, 1.54) is 0 Å². The first-order valence-corrected chi connectivity index (χ1v) is 7.46. The summed E-state index contributed by atoms with van der Waals surface area (Å²) in [6.07, 6.45) is 0.855. The fourth-order valence-electron chi connectivity index (χ4n) is 2.44. The number of morpholine rings is 1. The number of aromatic nitrogens is 1. The predicted octanol–water partition coefficient (Wildman–Crippen LogP) is 2.33. The first kappa shape index (κ1) is 14.6. The van der Waals surface area contributed by atoms with Gasteiger partial charge in [-0.2, -0.15) is 0 Å². The molecule has 1 N–H and O–H groups in total. The van der Waals surface area contributed by atoms with Gasteiger partial charge in [-0.15, -0.1) is 0 Å². The van der Waals surface area contributed by atoms with Crippen molar-refractivity contribution in [3.63, 3.8) is 0 Å². The maximum atomic E-state index is 12.3. The lowest BCUT2D eigenvalue weighted by molar-refractivity contribution is 0.101. The molecule has 6 nitrogen and oxygen atoms in total. The van der Waals surface area contributed by atoms with Crippen LogP contribution in [0, 0.1) is 0 Å². The molecule has 0 aliphatic carbocycles. The summed E-state index contributed by atoms with van der Waals surface area (Å²) in [5.74, 6) is 0.349. The Labute approximate surface area is 129 Å². The van der Waals surface area contributed by atoms with E-state index in [0.29, 0.717) is 19.1 Å². The van der Waals surface area contributed by atoms with Crippen molar-refractivity contribution in [2.75, 3.05) is 36.5 Å². The molecule has 1 amide bonds. The molecular weight excluding hydrogens is 282 g/mol. The monoisotopic (exact) mass is 301 g/mol. The SMILES string of the molecule is CCc1ccccc1NC(=O)c1cc(N2CCOCC2)on1. The molecule has 2 aromatic rings. The van der Waals surface area contributed by atoms with Gasteiger partial charge in [0.2, 0.25) is 5.88 Å². The lowest BCUT2D eigenvalue weighted by atomic mass is 10.1. The lowest BCUT2D eigenvalue weighted by Gasteiger charge is -2.25. The van der Waals surface area contributed by atoms with Crippen LogP contribution in [0.25, 0.3) is 0 Å². The van der Waals surface area contributed by atoms with E-state index in [1.807, 2.05) is 29.2 Å². The first-order chi connectivity index (χ1) is 10.8. The van der Waals surface area contributed by atoms with Gasteiger partial charge in [-0.05, 0) is 18.1 Å². The Balaban J connectivity index is 1.71. The van der Waals surface area contributed by atoms with Gasteiger partial charge >= 0.3 is 0 Å². The Hall–Kier alpha value is -2.34. The van der Waals surface area contributed by atoms with E-state index in [-0.39, 0.29) is 11.6 Å². The van der Waals surface area contributed by atoms with Gasteiger partial charge in [0.15, 0.2) is 5.69 Å². The minimum absolute atomic E-state index is 0.260. The van der Waals surface area contributed by atoms with Gasteiger partial charge in [-0.25, -0.2) is 0 Å². The second kappa shape index (κ2) is 6.62. The van der Waals surface area contributed by atoms with Crippen molar-refractivity contribution in [2.24, 2.45) is 0 Å². The van der Waals surface area contributed by atoms with Gasteiger partial charge in [0.1, 0.15) is 0 Å². The van der Waals surface area contributed by atoms with Gasteiger partial charge in [0.25, 0.3) is 5.91 Å². The summed E-state index contributed by atoms with van der Waals surface area (Å²) in [5, 5.41) is 6.76. The van der Waals surface area contributed by atoms with E-state index >= 15 is 0 Å². The number of para-hydroxylation sites is 1. The highest BCUT2D eigenvalue weighted by Gasteiger charge is 2.19. The van der Waals surface area contributed by atoms with Crippen LogP contribution in [0.5, 0.6) is 0 Å². The number of carbonyl (C=O) groups is 1. The number of rotatable bonds is 4. The van der Waals surface area contributed by atoms with Crippen LogP contribution in [0.15, 0.2) is 34.9 Å². The van der Waals surface area contributed by atoms with Crippen LogP contribution in [-0.2, 0) is 11.2 Å². The van der Waals surface area contributed by atoms with Crippen LogP contribution in [0.1, 0.15) is 23.0 Å². The van der Waals surface area contributed by atoms with Crippen molar-refractivity contribution in [3.05, 3.63) is 41.6 Å². The molecule has 0 unspecified atom stereocenters. The molecular formula is C16H19N3O3. The summed E-state index contributed by atoms with van der Waals surface area (Å²) in [6.45, 7) is 4.86. The molecule has 1 aliphatic heterocycles. The van der Waals surface area contributed by atoms with Crippen LogP contribution < -0.4 is 10.2 Å². The maximum absolute atomic E-state index is 12.3. The molecule has 2 heterocycles. The molecule has 0 bridgehead atoms. The first-order valence-electron chi connectivity index (χ1n) is 7.46. The Bertz CT molecular complexity index is 648. The smallest absolute Gasteiger partial charge is 0.277 e. The number of aryl methyl sites for hydroxylation is 1. The van der Waals surface area contributed by atoms with Gasteiger partial charge in [0, 0.05) is 24.8 Å². The van der Waals surface area contributed by atoms with E-state index in [2.05, 4.69) is 17.4 Å². The molecule has 0 radical (unpaired) electrons. The second-order valence-electron chi connectivity index (χ2n) is 5.11. The number of carbonyl (C=O) groups excluding carboxylic acids is 1. The van der Waals surface area contributed by atoms with Crippen LogP contribution in [0.2, 0.25) is 0 Å². The molecule has 1 aliphatic rings. The fraction of sp³-hybridized carbons (Fsp3) is 0.375. The number of nitrogens with one attached hydrogen (secondary N) is 1. The highest BCUT2D eigenvalue weighted by atomic mass is 16.5. The molecule has 1 saturated heterocycles. The van der Waals surface area contributed by atoms with Gasteiger partial charge < -0.3 is 19.5 Å². The zero-order chi connectivity index (χ0) is 15.4. The zero-order valence-electron chi connectivity index (χ0n) is 12.5. The zero-order valence-corrected chi connectivity index (χ0v) is 12.5. The number of nitrogens with zero attached hydrogens (tertiary/aromatic N) is 2. The normalized spacial score (nSPS) is 14.9. The van der Waals surface area contributed by atoms with Crippen molar-refractivity contribution < 1.29 is 14.1 Å². The quantitative estimate of drug-likeness (QED) is 0.938. The largest absolute Gasteiger partial charge is 0.378 e. The van der Waals surface area contributed by atoms with Gasteiger partial charge in [-0.3, -0.25) is 4.79 Å². The average molecular weight is 301 g/mol. The van der Waals surface area contributed by atoms with Crippen LogP contribution >= 0.6 is 0 Å². The van der Waals surface area contributed by atoms with Crippen LogP contribution in [-0.4, -0.2) is 37.4 Å². The maximum Gasteiger partial charge on any atom is 0.277 e. The van der Waals surface area contributed by atoms with Crippen LogP contribution in [0.3, 0.4) is 0 Å². The van der Waals surface area contributed by atoms with Crippen molar-refractivity contribution in [2.45, 2.75) is 13.3 Å². The number of hydrogen-bond donors (Lipinski definition) is 1. The van der Waals surface area contributed by atoms with E-state index in [9.17, 15) is 4.79 Å². The highest BCUT2D eigenvalue weighted by Crippen LogP contribution is 2.20. The molecule has 6 heteroatoms. The molecule has 22 heavy (non-hydrogen) atoms. The molecule has 116 valence electrons. The summed E-state index contributed by atoms with van der Waals surface area (Å²) in [4.78, 5) is 14.3. The standard InChI is InChI=1S/C16H19N3O3/c1-2-12-5-3-4-6-13(12)17-16(20)14-11-15(22-18-14)19-7-9-21-10-8-19/h3-6,11H,2,7-10H2,1H3,(H,17,20). The molecule has 1 aromatic heterocycles. The molecule has 0 spiro atoms. The van der Waals surface area contributed by atoms with E-state index in [0.717, 1.165) is 30.8 Å². The van der Waals surface area contributed by atoms with Gasteiger partial charge in [0.05, 0.1) is 13.2 Å². The van der Waals surface area contributed by atoms with Crippen molar-refractivity contribution in [1.29, 1.82) is 0 Å². The third-order valence-electron chi connectivity index (χ3n) is 3.70. The molecule has 1 fully saturated rings. The molecule has 3 rings (SSSR count). The third-order valence-corrected chi connectivity index (χ3v) is 3.70. The Morgan fingerprint density at radius 3 is 2.86 bits per heavy atom. The highest BCUT2D eigenvalue weighted by molar-refractivity contribution is 6.03. The van der Waals surface area contributed by atoms with Crippen molar-refractivity contribution >= 4 is 17.5 Å². The summed E-state index contributed by atoms with van der Waals surface area (Å²) in [7, 11) is 0. The average Bonchev–Trinajstić information content (AvgIpc) is 3.06. The number of anilines is 2. The molecule has 1 aromatic carbocycles. The van der Waals surface area contributed by atoms with E-state index in [1.54, 1.807) is 6.07 Å². The Kier molecular flexibility index (Phi) is 4.39. The molecule has 0 atom stereocenters. The molecule has 0 saturated carbocycles. The Morgan fingerprint density at radius 2 is 2.09 bits per heavy atom. The number of hydrogen-bond acceptors (Lipinski definition) is 5. The number of benzene rings is 1. The Morgan fingerprint density at radius 1 is 1.32 bits per heavy atom. The number of amides is 1. The topological polar surface area (TPSA) is 67.6 Å². The summed E-state index contributed by atoms with van der Waals surface area (Å²) in [5.41, 5.74) is 2.19. The van der Waals surface area contributed by atoms with Crippen molar-refractivity contribution in [1.82, 2.24) is 5.16 Å². The minimum Gasteiger partial charge on any atom is -0.378 e. The summed E-state index contributed by atoms with van der Waals surface area (Å²) in [6, 6.07) is 9.42. The summed E-state index contributed by atoms with van der Waals surface area (Å²) < 4.78 is 10.6. The summed E-state index contributed by atoms with van der Waals surface area (Å²) >= 11 is 0. The van der Waals surface area contributed by atoms with Crippen LogP contribution in [0.4, 0.5) is 11.6 Å². The third kappa shape index (κ3) is 3.12. The second-order valence-corrected chi connectivity index (χ2v) is 5.11. The number of ether oxygens (including phenoxy) is 1. The van der Waals surface area contributed by atoms with Gasteiger partial charge in [-0.1, -0.05) is 30.3 Å². The lowest BCUT2D eigenvalue weighted by Crippen LogP contribution is -2.35. The van der Waals surface area contributed by atoms with E-state index < -0.39 is 0 Å². The predicted molar refractivity (Wildman–Crippen MR) is 83.3 cm³/mol. The fourth-order valence-corrected chi connectivity index (χ4v) is 2.44. The van der Waals surface area contributed by atoms with Crippen molar-refractivity contribution in [3.8, 4) is 0 Å².